The molecular formula is C22H31BN4O4. The van der Waals surface area contributed by atoms with Gasteiger partial charge in [0.25, 0.3) is 5.91 Å². The Hall–Kier alpha value is -2.83. The zero-order valence-corrected chi connectivity index (χ0v) is 18.1. The average molecular weight is 426 g/mol. The van der Waals surface area contributed by atoms with E-state index in [9.17, 15) is 19.6 Å². The summed E-state index contributed by atoms with van der Waals surface area (Å²) in [5.74, 6) is -1.08. The molecule has 1 aromatic rings. The number of urea groups is 1. The van der Waals surface area contributed by atoms with E-state index in [1.807, 2.05) is 44.2 Å². The molecule has 1 saturated heterocycles. The van der Waals surface area contributed by atoms with E-state index in [1.165, 1.54) is 0 Å². The van der Waals surface area contributed by atoms with Crippen LogP contribution in [0.25, 0.3) is 4.85 Å². The Balaban J connectivity index is 1.96. The number of carbonyl (C=O) groups is 2. The molecule has 9 heteroatoms. The molecule has 0 bridgehead atoms. The van der Waals surface area contributed by atoms with Crippen molar-refractivity contribution >= 4 is 19.1 Å². The minimum atomic E-state index is -1.71. The SMILES string of the molecule is [C-]#[N+]C(=CC(C)C)C(=O)N1CCCC[C@@H]1CNC(=O)N[C@@H](Cc1ccccc1)B(O)O. The van der Waals surface area contributed by atoms with E-state index in [2.05, 4.69) is 15.5 Å². The largest absolute Gasteiger partial charge is 0.475 e. The molecule has 3 amide bonds. The molecule has 0 aromatic heterocycles. The maximum atomic E-state index is 12.8. The number of likely N-dealkylation sites (tertiary alicyclic amines) is 1. The lowest BCUT2D eigenvalue weighted by Gasteiger charge is -2.36. The Morgan fingerprint density at radius 3 is 2.61 bits per heavy atom. The van der Waals surface area contributed by atoms with Crippen molar-refractivity contribution in [1.82, 2.24) is 15.5 Å². The number of allylic oxidation sites excluding steroid dienone is 1. The molecule has 1 aromatic carbocycles. The Morgan fingerprint density at radius 1 is 1.29 bits per heavy atom. The van der Waals surface area contributed by atoms with Crippen LogP contribution in [0, 0.1) is 12.5 Å². The smallest absolute Gasteiger partial charge is 0.426 e. The van der Waals surface area contributed by atoms with Crippen molar-refractivity contribution in [1.29, 1.82) is 0 Å². The van der Waals surface area contributed by atoms with Gasteiger partial charge in [0.05, 0.1) is 12.5 Å². The van der Waals surface area contributed by atoms with Gasteiger partial charge in [0.2, 0.25) is 5.70 Å². The van der Waals surface area contributed by atoms with Crippen LogP contribution in [0.1, 0.15) is 38.7 Å². The van der Waals surface area contributed by atoms with Gasteiger partial charge in [-0.1, -0.05) is 50.3 Å². The average Bonchev–Trinajstić information content (AvgIpc) is 2.75. The van der Waals surface area contributed by atoms with Crippen molar-refractivity contribution in [3.05, 3.63) is 59.1 Å². The van der Waals surface area contributed by atoms with Crippen LogP contribution in [-0.4, -0.2) is 59.1 Å². The highest BCUT2D eigenvalue weighted by Crippen LogP contribution is 2.20. The number of carbonyl (C=O) groups excluding carboxylic acids is 2. The van der Waals surface area contributed by atoms with Crippen LogP contribution in [-0.2, 0) is 11.2 Å². The molecule has 0 saturated carbocycles. The molecule has 0 aliphatic carbocycles. The maximum absolute atomic E-state index is 12.8. The van der Waals surface area contributed by atoms with Gasteiger partial charge in [-0.05, 0) is 37.2 Å². The highest BCUT2D eigenvalue weighted by molar-refractivity contribution is 6.43. The molecule has 2 rings (SSSR count). The van der Waals surface area contributed by atoms with Crippen LogP contribution in [0.2, 0.25) is 0 Å². The van der Waals surface area contributed by atoms with Gasteiger partial charge in [0.1, 0.15) is 0 Å². The number of amides is 3. The molecule has 8 nitrogen and oxygen atoms in total. The van der Waals surface area contributed by atoms with Gasteiger partial charge in [-0.15, -0.1) is 0 Å². The molecule has 4 N–H and O–H groups in total. The lowest BCUT2D eigenvalue weighted by Crippen LogP contribution is -2.54. The van der Waals surface area contributed by atoms with Gasteiger partial charge in [-0.3, -0.25) is 4.79 Å². The van der Waals surface area contributed by atoms with E-state index < -0.39 is 19.1 Å². The van der Waals surface area contributed by atoms with Crippen LogP contribution < -0.4 is 10.6 Å². The Kier molecular flexibility index (Phi) is 9.57. The topological polar surface area (TPSA) is 106 Å². The van der Waals surface area contributed by atoms with Crippen LogP contribution in [0.4, 0.5) is 4.79 Å². The fraction of sp³-hybridized carbons (Fsp3) is 0.500. The minimum Gasteiger partial charge on any atom is -0.426 e. The fourth-order valence-electron chi connectivity index (χ4n) is 3.63. The Bertz CT molecular complexity index is 807. The van der Waals surface area contributed by atoms with Gasteiger partial charge in [-0.2, -0.15) is 0 Å². The quantitative estimate of drug-likeness (QED) is 0.289. The molecule has 0 spiro atoms. The second kappa shape index (κ2) is 12.1. The zero-order chi connectivity index (χ0) is 22.8. The Morgan fingerprint density at radius 2 is 2.00 bits per heavy atom. The first-order valence-corrected chi connectivity index (χ1v) is 10.7. The van der Waals surface area contributed by atoms with Gasteiger partial charge in [-0.25, -0.2) is 9.64 Å². The summed E-state index contributed by atoms with van der Waals surface area (Å²) in [6, 6.07) is 8.50. The molecule has 0 radical (unpaired) electrons. The third-order valence-corrected chi connectivity index (χ3v) is 5.19. The molecule has 1 fully saturated rings. The third-order valence-electron chi connectivity index (χ3n) is 5.19. The summed E-state index contributed by atoms with van der Waals surface area (Å²) in [6.45, 7) is 11.9. The number of benzene rings is 1. The lowest BCUT2D eigenvalue weighted by atomic mass is 9.76. The van der Waals surface area contributed by atoms with Crippen molar-refractivity contribution in [2.75, 3.05) is 13.1 Å². The standard InChI is InChI=1S/C22H31BN4O4/c1-16(2)13-19(24-3)21(28)27-12-8-7-11-18(27)15-25-22(29)26-20(23(30)31)14-17-9-5-4-6-10-17/h4-6,9-10,13,16,18,20,30-31H,7-8,11-12,14-15H2,1-2H3,(H2,25,26,29)/t18-,20+/m1/s1. The number of rotatable bonds is 8. The van der Waals surface area contributed by atoms with E-state index in [-0.39, 0.29) is 36.5 Å². The van der Waals surface area contributed by atoms with Crippen LogP contribution >= 0.6 is 0 Å². The predicted octanol–water partition coefficient (Wildman–Crippen LogP) is 1.75. The summed E-state index contributed by atoms with van der Waals surface area (Å²) in [4.78, 5) is 30.3. The number of piperidine rings is 1. The maximum Gasteiger partial charge on any atom is 0.475 e. The summed E-state index contributed by atoms with van der Waals surface area (Å²) < 4.78 is 0. The predicted molar refractivity (Wildman–Crippen MR) is 120 cm³/mol. The second-order valence-electron chi connectivity index (χ2n) is 8.12. The summed E-state index contributed by atoms with van der Waals surface area (Å²) in [7, 11) is -1.71. The van der Waals surface area contributed by atoms with E-state index in [4.69, 9.17) is 6.57 Å². The number of hydrogen-bond acceptors (Lipinski definition) is 4. The van der Waals surface area contributed by atoms with Gasteiger partial charge >= 0.3 is 13.1 Å². The van der Waals surface area contributed by atoms with Gasteiger partial charge in [0.15, 0.2) is 0 Å². The third kappa shape index (κ3) is 7.74. The molecule has 31 heavy (non-hydrogen) atoms. The summed E-state index contributed by atoms with van der Waals surface area (Å²) >= 11 is 0. The van der Waals surface area contributed by atoms with Gasteiger partial charge < -0.3 is 25.6 Å². The summed E-state index contributed by atoms with van der Waals surface area (Å²) in [6.07, 6.45) is 4.46. The molecular weight excluding hydrogens is 395 g/mol. The van der Waals surface area contributed by atoms with E-state index in [1.54, 1.807) is 11.0 Å². The highest BCUT2D eigenvalue weighted by atomic mass is 16.4. The molecule has 2 atom stereocenters. The molecule has 1 aliphatic heterocycles. The summed E-state index contributed by atoms with van der Waals surface area (Å²) in [5, 5.41) is 24.6. The summed E-state index contributed by atoms with van der Waals surface area (Å²) in [5.41, 5.74) is 0.978. The van der Waals surface area contributed by atoms with Crippen molar-refractivity contribution in [3.63, 3.8) is 0 Å². The van der Waals surface area contributed by atoms with Crippen molar-refractivity contribution in [2.45, 2.75) is 51.5 Å². The van der Waals surface area contributed by atoms with E-state index in [0.29, 0.717) is 6.54 Å². The first-order chi connectivity index (χ1) is 14.8. The van der Waals surface area contributed by atoms with E-state index >= 15 is 0 Å². The van der Waals surface area contributed by atoms with Gasteiger partial charge in [0, 0.05) is 19.1 Å². The van der Waals surface area contributed by atoms with Crippen molar-refractivity contribution < 1.29 is 19.6 Å². The van der Waals surface area contributed by atoms with Crippen molar-refractivity contribution in [2.24, 2.45) is 5.92 Å². The molecule has 0 unspecified atom stereocenters. The number of hydrogen-bond donors (Lipinski definition) is 4. The second-order valence-corrected chi connectivity index (χ2v) is 8.12. The fourth-order valence-corrected chi connectivity index (χ4v) is 3.63. The van der Waals surface area contributed by atoms with E-state index in [0.717, 1.165) is 24.8 Å². The van der Waals surface area contributed by atoms with Crippen LogP contribution in [0.5, 0.6) is 0 Å². The minimum absolute atomic E-state index is 0.0895. The molecule has 1 heterocycles. The first kappa shape index (κ1) is 24.4. The van der Waals surface area contributed by atoms with Crippen LogP contribution in [0.15, 0.2) is 42.1 Å². The number of nitrogens with zero attached hydrogens (tertiary/aromatic N) is 2. The number of nitrogens with one attached hydrogen (secondary N) is 2. The van der Waals surface area contributed by atoms with Crippen LogP contribution in [0.3, 0.4) is 0 Å². The highest BCUT2D eigenvalue weighted by Gasteiger charge is 2.30. The molecule has 1 aliphatic rings. The monoisotopic (exact) mass is 426 g/mol. The first-order valence-electron chi connectivity index (χ1n) is 10.7. The Labute approximate surface area is 184 Å². The molecule has 166 valence electrons. The lowest BCUT2D eigenvalue weighted by molar-refractivity contribution is -0.130. The normalized spacial score (nSPS) is 17.6. The zero-order valence-electron chi connectivity index (χ0n) is 18.1. The van der Waals surface area contributed by atoms with Crippen molar-refractivity contribution in [3.8, 4) is 0 Å².